The Morgan fingerprint density at radius 1 is 0.615 bits per heavy atom. The fourth-order valence-corrected chi connectivity index (χ4v) is 8.00. The molecule has 0 aromatic carbocycles. The topological polar surface area (TPSA) is 40.5 Å². The van der Waals surface area contributed by atoms with E-state index in [1.54, 1.807) is 0 Å². The van der Waals surface area contributed by atoms with Crippen LogP contribution >= 0.6 is 0 Å². The van der Waals surface area contributed by atoms with E-state index in [0.29, 0.717) is 23.7 Å². The first-order chi connectivity index (χ1) is 24.5. The minimum absolute atomic E-state index is 0.130. The van der Waals surface area contributed by atoms with Crippen LogP contribution in [0.4, 0.5) is 0 Å². The minimum Gasteiger partial charge on any atom is -0.392 e. The van der Waals surface area contributed by atoms with Gasteiger partial charge in [0.1, 0.15) is 0 Å². The molecule has 2 aliphatic carbocycles. The van der Waals surface area contributed by atoms with Crippen molar-refractivity contribution in [3.8, 4) is 0 Å². The molecular formula is C50H74O2. The molecule has 0 spiro atoms. The Labute approximate surface area is 320 Å². The predicted octanol–water partition coefficient (Wildman–Crippen LogP) is 13.7. The molecule has 2 heteroatoms. The maximum atomic E-state index is 9.42. The lowest BCUT2D eigenvalue weighted by molar-refractivity contribution is 0.0950. The third-order valence-corrected chi connectivity index (χ3v) is 12.0. The van der Waals surface area contributed by atoms with Crippen molar-refractivity contribution >= 4 is 0 Å². The summed E-state index contributed by atoms with van der Waals surface area (Å²) in [6.07, 6.45) is 39.5. The van der Waals surface area contributed by atoms with E-state index >= 15 is 0 Å². The fourth-order valence-electron chi connectivity index (χ4n) is 8.00. The smallest absolute Gasteiger partial charge is 0.0639 e. The average molecular weight is 707 g/mol. The highest BCUT2D eigenvalue weighted by Gasteiger charge is 2.41. The van der Waals surface area contributed by atoms with E-state index in [9.17, 15) is 10.2 Å². The zero-order chi connectivity index (χ0) is 38.9. The number of aliphatic hydroxyl groups excluding tert-OH is 2. The van der Waals surface area contributed by atoms with Gasteiger partial charge in [0, 0.05) is 5.92 Å². The third-order valence-electron chi connectivity index (χ3n) is 12.0. The molecule has 2 aliphatic rings. The van der Waals surface area contributed by atoms with Crippen molar-refractivity contribution in [2.24, 2.45) is 34.5 Å². The molecule has 0 saturated heterocycles. The maximum absolute atomic E-state index is 9.42. The molecule has 2 fully saturated rings. The summed E-state index contributed by atoms with van der Waals surface area (Å²) in [5, 5.41) is 18.8. The summed E-state index contributed by atoms with van der Waals surface area (Å²) in [6, 6.07) is 0. The summed E-state index contributed by atoms with van der Waals surface area (Å²) >= 11 is 0. The van der Waals surface area contributed by atoms with Gasteiger partial charge in [-0.3, -0.25) is 0 Å². The average Bonchev–Trinajstić information content (AvgIpc) is 3.08. The summed E-state index contributed by atoms with van der Waals surface area (Å²) in [6.45, 7) is 31.5. The van der Waals surface area contributed by atoms with Crippen molar-refractivity contribution in [2.45, 2.75) is 121 Å². The normalized spacial score (nSPS) is 25.8. The molecule has 2 saturated carbocycles. The zero-order valence-corrected chi connectivity index (χ0v) is 34.8. The van der Waals surface area contributed by atoms with Crippen LogP contribution in [0.25, 0.3) is 0 Å². The first-order valence-corrected chi connectivity index (χ1v) is 19.8. The molecular weight excluding hydrogens is 633 g/mol. The van der Waals surface area contributed by atoms with Crippen LogP contribution in [-0.2, 0) is 0 Å². The van der Waals surface area contributed by atoms with Gasteiger partial charge in [-0.1, -0.05) is 171 Å². The molecule has 0 aromatic rings. The van der Waals surface area contributed by atoms with Crippen LogP contribution in [-0.4, -0.2) is 23.4 Å². The van der Waals surface area contributed by atoms with Gasteiger partial charge in [0.25, 0.3) is 0 Å². The van der Waals surface area contributed by atoms with Gasteiger partial charge in [-0.25, -0.2) is 0 Å². The first-order valence-electron chi connectivity index (χ1n) is 19.8. The molecule has 0 radical (unpaired) electrons. The van der Waals surface area contributed by atoms with E-state index in [2.05, 4.69) is 154 Å². The molecule has 4 atom stereocenters. The highest BCUT2D eigenvalue weighted by Crippen LogP contribution is 2.51. The molecule has 2 nitrogen and oxygen atoms in total. The summed E-state index contributed by atoms with van der Waals surface area (Å²) in [7, 11) is 0. The highest BCUT2D eigenvalue weighted by molar-refractivity contribution is 5.32. The van der Waals surface area contributed by atoms with Crippen molar-refractivity contribution < 1.29 is 10.2 Å². The summed E-state index contributed by atoms with van der Waals surface area (Å²) in [5.74, 6) is 2.09. The van der Waals surface area contributed by atoms with Crippen molar-refractivity contribution in [3.05, 3.63) is 143 Å². The Balaban J connectivity index is 1.89. The SMILES string of the molecule is C=C1CC[C@H](C/C=C(\C)CO)C(C)(C)[C@@H]1/C=C/C(C)=C/C=C/C(C)=C/C=C/C=C(C)/C=C/C=C(\C)CC[C@@H]1C(=C)CC[C@H](C/C=C(\C)CO)C1(C)C. The first kappa shape index (κ1) is 45.0. The number of aliphatic hydroxyl groups is 2. The molecule has 2 N–H and O–H groups in total. The van der Waals surface area contributed by atoms with Crippen LogP contribution in [0.2, 0.25) is 0 Å². The molecule has 0 bridgehead atoms. The van der Waals surface area contributed by atoms with Gasteiger partial charge >= 0.3 is 0 Å². The zero-order valence-electron chi connectivity index (χ0n) is 34.8. The van der Waals surface area contributed by atoms with Crippen LogP contribution in [0.3, 0.4) is 0 Å². The van der Waals surface area contributed by atoms with E-state index in [1.807, 2.05) is 13.8 Å². The van der Waals surface area contributed by atoms with Crippen LogP contribution in [0.15, 0.2) is 143 Å². The number of hydrogen-bond acceptors (Lipinski definition) is 2. The van der Waals surface area contributed by atoms with Crippen molar-refractivity contribution in [1.29, 1.82) is 0 Å². The van der Waals surface area contributed by atoms with Crippen LogP contribution in [0.5, 0.6) is 0 Å². The van der Waals surface area contributed by atoms with Crippen molar-refractivity contribution in [1.82, 2.24) is 0 Å². The van der Waals surface area contributed by atoms with E-state index < -0.39 is 0 Å². The Hall–Kier alpha value is -3.20. The molecule has 0 aromatic heterocycles. The summed E-state index contributed by atoms with van der Waals surface area (Å²) in [5.41, 5.74) is 10.3. The molecule has 0 unspecified atom stereocenters. The van der Waals surface area contributed by atoms with Gasteiger partial charge in [-0.05, 0) is 121 Å². The largest absolute Gasteiger partial charge is 0.392 e. The lowest BCUT2D eigenvalue weighted by atomic mass is 9.58. The third kappa shape index (κ3) is 14.7. The predicted molar refractivity (Wildman–Crippen MR) is 230 cm³/mol. The second-order valence-corrected chi connectivity index (χ2v) is 17.1. The summed E-state index contributed by atoms with van der Waals surface area (Å²) in [4.78, 5) is 0. The van der Waals surface area contributed by atoms with Gasteiger partial charge in [0.15, 0.2) is 0 Å². The van der Waals surface area contributed by atoms with E-state index in [-0.39, 0.29) is 24.0 Å². The molecule has 2 rings (SSSR count). The Morgan fingerprint density at radius 2 is 1.08 bits per heavy atom. The van der Waals surface area contributed by atoms with Gasteiger partial charge < -0.3 is 10.2 Å². The fraction of sp³-hybridized carbons (Fsp3) is 0.520. The summed E-state index contributed by atoms with van der Waals surface area (Å²) < 4.78 is 0. The number of rotatable bonds is 17. The second kappa shape index (κ2) is 22.1. The van der Waals surface area contributed by atoms with Gasteiger partial charge in [0.2, 0.25) is 0 Å². The van der Waals surface area contributed by atoms with Crippen LogP contribution in [0.1, 0.15) is 121 Å². The highest BCUT2D eigenvalue weighted by atomic mass is 16.3. The van der Waals surface area contributed by atoms with Crippen LogP contribution < -0.4 is 0 Å². The monoisotopic (exact) mass is 707 g/mol. The van der Waals surface area contributed by atoms with Gasteiger partial charge in [-0.15, -0.1) is 0 Å². The number of hydrogen-bond donors (Lipinski definition) is 2. The lowest BCUT2D eigenvalue weighted by Gasteiger charge is -2.47. The molecule has 0 aliphatic heterocycles. The van der Waals surface area contributed by atoms with Crippen molar-refractivity contribution in [3.63, 3.8) is 0 Å². The van der Waals surface area contributed by atoms with Gasteiger partial charge in [-0.2, -0.15) is 0 Å². The quantitative estimate of drug-likeness (QED) is 0.117. The Bertz CT molecular complexity index is 1500. The number of allylic oxidation sites excluding steroid dienone is 20. The molecule has 286 valence electrons. The van der Waals surface area contributed by atoms with E-state index in [1.165, 1.54) is 39.9 Å². The Kier molecular flexibility index (Phi) is 19.1. The Morgan fingerprint density at radius 3 is 1.62 bits per heavy atom. The second-order valence-electron chi connectivity index (χ2n) is 17.1. The van der Waals surface area contributed by atoms with Crippen LogP contribution in [0, 0.1) is 34.5 Å². The molecule has 0 amide bonds. The molecule has 52 heavy (non-hydrogen) atoms. The molecule has 0 heterocycles. The van der Waals surface area contributed by atoms with Gasteiger partial charge in [0.05, 0.1) is 13.2 Å². The minimum atomic E-state index is 0.130. The standard InChI is InChI=1S/C50H74O2/c1-37(19-15-21-39(3)25-33-47-43(7)27-31-45(49(47,9)10)29-23-41(5)35-51)17-13-14-18-38(2)20-16-22-40(4)26-34-48-44(8)28-32-46(50(48,11)12)30-24-42(6)36-52/h13-25,33,45-48,51-52H,7-8,26-32,34-36H2,1-6,9-12H3/b14-13+,19-15+,20-16+,33-25+,37-17+,38-18+,39-21+,40-22+,41-23+,42-24+/t45-,46-,47+,48+/m0/s1. The maximum Gasteiger partial charge on any atom is 0.0639 e. The van der Waals surface area contributed by atoms with E-state index in [4.69, 9.17) is 0 Å². The van der Waals surface area contributed by atoms with Crippen molar-refractivity contribution in [2.75, 3.05) is 13.2 Å². The van der Waals surface area contributed by atoms with E-state index in [0.717, 1.165) is 56.1 Å². The lowest BCUT2D eigenvalue weighted by Crippen LogP contribution is -2.37.